The first-order valence-corrected chi connectivity index (χ1v) is 5.85. The van der Waals surface area contributed by atoms with Gasteiger partial charge in [0.25, 0.3) is 0 Å². The lowest BCUT2D eigenvalue weighted by Gasteiger charge is -2.27. The van der Waals surface area contributed by atoms with E-state index in [4.69, 9.17) is 0 Å². The van der Waals surface area contributed by atoms with E-state index in [9.17, 15) is 0 Å². The summed E-state index contributed by atoms with van der Waals surface area (Å²) >= 11 is 0. The first-order valence-electron chi connectivity index (χ1n) is 5.85. The third kappa shape index (κ3) is 2.46. The van der Waals surface area contributed by atoms with Crippen molar-refractivity contribution >= 4 is 5.82 Å². The van der Waals surface area contributed by atoms with Crippen LogP contribution in [0.3, 0.4) is 0 Å². The Kier molecular flexibility index (Phi) is 3.19. The van der Waals surface area contributed by atoms with E-state index in [1.165, 1.54) is 32.1 Å². The van der Waals surface area contributed by atoms with E-state index in [1.54, 1.807) is 12.5 Å². The molecule has 82 valence electrons. The molecule has 1 heterocycles. The molecule has 0 atom stereocenters. The van der Waals surface area contributed by atoms with Crippen LogP contribution in [0.4, 0.5) is 5.82 Å². The fraction of sp³-hybridized carbons (Fsp3) is 0.667. The second-order valence-corrected chi connectivity index (χ2v) is 4.51. The third-order valence-electron chi connectivity index (χ3n) is 3.64. The number of nitrogens with zero attached hydrogens (tertiary/aromatic N) is 2. The number of rotatable bonds is 4. The highest BCUT2D eigenvalue weighted by Gasteiger charge is 2.31. The summed E-state index contributed by atoms with van der Waals surface area (Å²) in [6, 6.07) is 1.93. The fourth-order valence-electron chi connectivity index (χ4n) is 2.45. The molecule has 0 bridgehead atoms. The molecule has 1 aliphatic carbocycles. The maximum Gasteiger partial charge on any atom is 0.129 e. The van der Waals surface area contributed by atoms with Crippen LogP contribution in [0.15, 0.2) is 18.6 Å². The van der Waals surface area contributed by atoms with Gasteiger partial charge in [0.2, 0.25) is 0 Å². The molecule has 0 unspecified atom stereocenters. The number of hydrogen-bond donors (Lipinski definition) is 1. The van der Waals surface area contributed by atoms with Crippen LogP contribution < -0.4 is 5.32 Å². The van der Waals surface area contributed by atoms with Crippen LogP contribution in [0.5, 0.6) is 0 Å². The standard InChI is InChI=1S/C12H19N3/c1-2-12(6-3-4-7-12)9-14-11-5-8-13-10-15-11/h5,8,10H,2-4,6-7,9H2,1H3,(H,13,14,15). The van der Waals surface area contributed by atoms with Crippen molar-refractivity contribution in [1.29, 1.82) is 0 Å². The largest absolute Gasteiger partial charge is 0.369 e. The topological polar surface area (TPSA) is 37.8 Å². The van der Waals surface area contributed by atoms with Gasteiger partial charge >= 0.3 is 0 Å². The first-order chi connectivity index (χ1) is 7.35. The first kappa shape index (κ1) is 10.4. The lowest BCUT2D eigenvalue weighted by Crippen LogP contribution is -2.26. The third-order valence-corrected chi connectivity index (χ3v) is 3.64. The van der Waals surface area contributed by atoms with Crippen LogP contribution in [0, 0.1) is 5.41 Å². The summed E-state index contributed by atoms with van der Waals surface area (Å²) in [5, 5.41) is 3.43. The van der Waals surface area contributed by atoms with E-state index in [-0.39, 0.29) is 0 Å². The van der Waals surface area contributed by atoms with Crippen LogP contribution in [0.2, 0.25) is 0 Å². The molecule has 1 fully saturated rings. The molecule has 1 aliphatic rings. The average Bonchev–Trinajstić information content (AvgIpc) is 2.77. The minimum atomic E-state index is 0.519. The summed E-state index contributed by atoms with van der Waals surface area (Å²) in [5.74, 6) is 0.949. The lowest BCUT2D eigenvalue weighted by molar-refractivity contribution is 0.306. The van der Waals surface area contributed by atoms with Crippen LogP contribution in [0.25, 0.3) is 0 Å². The highest BCUT2D eigenvalue weighted by Crippen LogP contribution is 2.40. The summed E-state index contributed by atoms with van der Waals surface area (Å²) in [7, 11) is 0. The highest BCUT2D eigenvalue weighted by atomic mass is 15.0. The Morgan fingerprint density at radius 1 is 1.40 bits per heavy atom. The van der Waals surface area contributed by atoms with E-state index in [1.807, 2.05) is 6.07 Å². The Bertz CT molecular complexity index is 291. The molecule has 3 heteroatoms. The Balaban J connectivity index is 1.92. The molecule has 0 aromatic carbocycles. The molecule has 15 heavy (non-hydrogen) atoms. The van der Waals surface area contributed by atoms with Crippen molar-refractivity contribution in [1.82, 2.24) is 9.97 Å². The van der Waals surface area contributed by atoms with E-state index < -0.39 is 0 Å². The molecule has 3 nitrogen and oxygen atoms in total. The van der Waals surface area contributed by atoms with Crippen molar-refractivity contribution in [3.8, 4) is 0 Å². The predicted molar refractivity (Wildman–Crippen MR) is 61.7 cm³/mol. The average molecular weight is 205 g/mol. The Morgan fingerprint density at radius 2 is 2.20 bits per heavy atom. The number of nitrogens with one attached hydrogen (secondary N) is 1. The molecule has 1 saturated carbocycles. The van der Waals surface area contributed by atoms with Gasteiger partial charge in [0, 0.05) is 12.7 Å². The van der Waals surface area contributed by atoms with Crippen molar-refractivity contribution in [2.24, 2.45) is 5.41 Å². The van der Waals surface area contributed by atoms with Crippen LogP contribution >= 0.6 is 0 Å². The molecule has 0 aliphatic heterocycles. The quantitative estimate of drug-likeness (QED) is 0.821. The lowest BCUT2D eigenvalue weighted by atomic mass is 9.83. The monoisotopic (exact) mass is 205 g/mol. The fourth-order valence-corrected chi connectivity index (χ4v) is 2.45. The van der Waals surface area contributed by atoms with Gasteiger partial charge in [-0.3, -0.25) is 0 Å². The van der Waals surface area contributed by atoms with Crippen molar-refractivity contribution in [2.75, 3.05) is 11.9 Å². The van der Waals surface area contributed by atoms with Crippen molar-refractivity contribution in [2.45, 2.75) is 39.0 Å². The van der Waals surface area contributed by atoms with E-state index >= 15 is 0 Å². The minimum Gasteiger partial charge on any atom is -0.369 e. The van der Waals surface area contributed by atoms with Crippen LogP contribution in [-0.4, -0.2) is 16.5 Å². The van der Waals surface area contributed by atoms with Gasteiger partial charge in [-0.15, -0.1) is 0 Å². The zero-order chi connectivity index (χ0) is 10.6. The van der Waals surface area contributed by atoms with Crippen LogP contribution in [0.1, 0.15) is 39.0 Å². The molecule has 1 aromatic rings. The zero-order valence-electron chi connectivity index (χ0n) is 9.37. The second-order valence-electron chi connectivity index (χ2n) is 4.51. The minimum absolute atomic E-state index is 0.519. The highest BCUT2D eigenvalue weighted by molar-refractivity contribution is 5.31. The van der Waals surface area contributed by atoms with Gasteiger partial charge in [0.05, 0.1) is 0 Å². The number of hydrogen-bond acceptors (Lipinski definition) is 3. The number of aromatic nitrogens is 2. The molecule has 1 N–H and O–H groups in total. The van der Waals surface area contributed by atoms with Crippen molar-refractivity contribution in [3.05, 3.63) is 18.6 Å². The van der Waals surface area contributed by atoms with Crippen molar-refractivity contribution < 1.29 is 0 Å². The Morgan fingerprint density at radius 3 is 2.80 bits per heavy atom. The van der Waals surface area contributed by atoms with Gasteiger partial charge in [-0.25, -0.2) is 9.97 Å². The molecule has 0 saturated heterocycles. The van der Waals surface area contributed by atoms with Gasteiger partial charge in [0.1, 0.15) is 12.1 Å². The normalized spacial score (nSPS) is 19.0. The molecule has 0 spiro atoms. The molecular weight excluding hydrogens is 186 g/mol. The van der Waals surface area contributed by atoms with E-state index in [2.05, 4.69) is 22.2 Å². The maximum atomic E-state index is 4.18. The van der Waals surface area contributed by atoms with Gasteiger partial charge < -0.3 is 5.32 Å². The Labute approximate surface area is 91.3 Å². The van der Waals surface area contributed by atoms with E-state index in [0.29, 0.717) is 5.41 Å². The molecular formula is C12H19N3. The summed E-state index contributed by atoms with van der Waals surface area (Å²) in [6.45, 7) is 3.35. The van der Waals surface area contributed by atoms with Gasteiger partial charge in [-0.2, -0.15) is 0 Å². The molecule has 2 rings (SSSR count). The SMILES string of the molecule is CCC1(CNc2ccncn2)CCCC1. The molecule has 0 amide bonds. The predicted octanol–water partition coefficient (Wildman–Crippen LogP) is 2.86. The maximum absolute atomic E-state index is 4.18. The van der Waals surface area contributed by atoms with Gasteiger partial charge in [0.15, 0.2) is 0 Å². The number of anilines is 1. The summed E-state index contributed by atoms with van der Waals surface area (Å²) in [6.07, 6.45) is 10.1. The van der Waals surface area contributed by atoms with Crippen LogP contribution in [-0.2, 0) is 0 Å². The smallest absolute Gasteiger partial charge is 0.129 e. The Hall–Kier alpha value is -1.12. The van der Waals surface area contributed by atoms with Gasteiger partial charge in [-0.05, 0) is 30.7 Å². The zero-order valence-corrected chi connectivity index (χ0v) is 9.37. The summed E-state index contributed by atoms with van der Waals surface area (Å²) in [5.41, 5.74) is 0.519. The molecule has 1 aromatic heterocycles. The van der Waals surface area contributed by atoms with Crippen molar-refractivity contribution in [3.63, 3.8) is 0 Å². The summed E-state index contributed by atoms with van der Waals surface area (Å²) < 4.78 is 0. The van der Waals surface area contributed by atoms with E-state index in [0.717, 1.165) is 12.4 Å². The molecule has 0 radical (unpaired) electrons. The van der Waals surface area contributed by atoms with Gasteiger partial charge in [-0.1, -0.05) is 19.8 Å². The summed E-state index contributed by atoms with van der Waals surface area (Å²) in [4.78, 5) is 8.09. The second kappa shape index (κ2) is 4.60.